The van der Waals surface area contributed by atoms with Crippen molar-refractivity contribution in [3.8, 4) is 0 Å². The molecule has 1 aliphatic heterocycles. The largest absolute Gasteiger partial charge is 0.385 e. The first kappa shape index (κ1) is 19.0. The van der Waals surface area contributed by atoms with Crippen molar-refractivity contribution in [2.45, 2.75) is 37.2 Å². The number of likely N-dealkylation sites (N-methyl/N-ethyl adjacent to an activating group) is 1. The number of piperidine rings is 1. The Kier molecular flexibility index (Phi) is 6.69. The lowest BCUT2D eigenvalue weighted by Crippen LogP contribution is -2.49. The minimum absolute atomic E-state index is 0. The summed E-state index contributed by atoms with van der Waals surface area (Å²) in [7, 11) is 0. The van der Waals surface area contributed by atoms with Gasteiger partial charge in [0.25, 0.3) is 0 Å². The smallest absolute Gasteiger partial charge is 0.237 e. The van der Waals surface area contributed by atoms with Gasteiger partial charge in [-0.3, -0.25) is 4.79 Å². The fourth-order valence-corrected chi connectivity index (χ4v) is 4.77. The summed E-state index contributed by atoms with van der Waals surface area (Å²) in [4.78, 5) is 16.4. The standard InChI is InChI=1S/C28H36N2O2.ClH/c1-5-23(6-2)28(26(31)29(3)4,25-15-11-8-12-16-25)19-22-30-20-17-27(32,18-21-30)24-13-9-7-10-14-24;/h5-16,32H,1,17-22H2,2-4H3;1H/b23-6+;/i3D3,4D3;. The summed E-state index contributed by atoms with van der Waals surface area (Å²) in [5.74, 6) is -1.02. The predicted octanol–water partition coefficient (Wildman–Crippen LogP) is 4.94. The number of nitrogens with zero attached hydrogens (tertiary/aromatic N) is 2. The molecule has 0 saturated carbocycles. The van der Waals surface area contributed by atoms with Crippen LogP contribution in [0, 0.1) is 0 Å². The van der Waals surface area contributed by atoms with E-state index in [0.29, 0.717) is 43.6 Å². The Balaban J connectivity index is 0.00000533. The van der Waals surface area contributed by atoms with Gasteiger partial charge in [-0.15, -0.1) is 12.4 Å². The highest BCUT2D eigenvalue weighted by atomic mass is 35.5. The lowest BCUT2D eigenvalue weighted by Gasteiger charge is -2.41. The first-order valence-electron chi connectivity index (χ1n) is 14.0. The molecule has 4 nitrogen and oxygen atoms in total. The van der Waals surface area contributed by atoms with Gasteiger partial charge < -0.3 is 14.9 Å². The second-order valence-corrected chi connectivity index (χ2v) is 8.35. The third kappa shape index (κ3) is 5.57. The normalized spacial score (nSPS) is 21.5. The van der Waals surface area contributed by atoms with Gasteiger partial charge in [0.15, 0.2) is 0 Å². The zero-order valence-corrected chi connectivity index (χ0v) is 19.9. The van der Waals surface area contributed by atoms with Crippen molar-refractivity contribution in [1.29, 1.82) is 0 Å². The molecule has 0 radical (unpaired) electrons. The number of likely N-dealkylation sites (tertiary alicyclic amines) is 1. The van der Waals surface area contributed by atoms with Gasteiger partial charge in [0.05, 0.1) is 11.0 Å². The number of hydrogen-bond acceptors (Lipinski definition) is 3. The molecule has 2 aromatic carbocycles. The average molecular weight is 475 g/mol. The summed E-state index contributed by atoms with van der Waals surface area (Å²) in [6.07, 6.45) is 4.30. The van der Waals surface area contributed by atoms with Crippen molar-refractivity contribution in [3.63, 3.8) is 0 Å². The zero-order chi connectivity index (χ0) is 28.2. The lowest BCUT2D eigenvalue weighted by atomic mass is 9.70. The molecule has 2 aromatic rings. The Bertz CT molecular complexity index is 1120. The van der Waals surface area contributed by atoms with Gasteiger partial charge in [-0.2, -0.15) is 0 Å². The maximum absolute atomic E-state index is 14.2. The molecule has 1 atom stereocenters. The summed E-state index contributed by atoms with van der Waals surface area (Å²) in [5.41, 5.74) is -0.742. The minimum Gasteiger partial charge on any atom is -0.385 e. The van der Waals surface area contributed by atoms with Gasteiger partial charge in [0.2, 0.25) is 5.91 Å². The molecule has 178 valence electrons. The van der Waals surface area contributed by atoms with Crippen LogP contribution >= 0.6 is 12.4 Å². The first-order valence-corrected chi connectivity index (χ1v) is 11.0. The SMILES string of the molecule is Cl.[2H]C([2H])([2H])N(C(=O)C(CCN1CCC(O)(c2ccccc2)CC1)(/C(C=C)=C/C)c1ccccc1)C([2H])([2H])[2H]. The number of benzene rings is 2. The quantitative estimate of drug-likeness (QED) is 0.551. The van der Waals surface area contributed by atoms with E-state index in [0.717, 1.165) is 5.56 Å². The van der Waals surface area contributed by atoms with Gasteiger partial charge >= 0.3 is 0 Å². The average Bonchev–Trinajstić information content (AvgIpc) is 2.87. The Labute approximate surface area is 213 Å². The van der Waals surface area contributed by atoms with Gasteiger partial charge in [-0.25, -0.2) is 0 Å². The highest BCUT2D eigenvalue weighted by Gasteiger charge is 2.44. The van der Waals surface area contributed by atoms with Crippen molar-refractivity contribution in [2.75, 3.05) is 33.6 Å². The topological polar surface area (TPSA) is 43.8 Å². The number of carbonyl (C=O) groups excluding carboxylic acids is 1. The predicted molar refractivity (Wildman–Crippen MR) is 139 cm³/mol. The number of carbonyl (C=O) groups is 1. The van der Waals surface area contributed by atoms with Gasteiger partial charge in [0.1, 0.15) is 0 Å². The molecule has 5 heteroatoms. The maximum Gasteiger partial charge on any atom is 0.237 e. The summed E-state index contributed by atoms with van der Waals surface area (Å²) in [5, 5.41) is 11.2. The molecule has 0 bridgehead atoms. The number of aliphatic hydroxyl groups is 1. The lowest BCUT2D eigenvalue weighted by molar-refractivity contribution is -0.134. The van der Waals surface area contributed by atoms with Crippen LogP contribution in [0.25, 0.3) is 0 Å². The van der Waals surface area contributed by atoms with E-state index in [1.165, 1.54) is 6.08 Å². The van der Waals surface area contributed by atoms with Gasteiger partial charge in [0, 0.05) is 35.3 Å². The number of allylic oxidation sites excluding steroid dienone is 2. The van der Waals surface area contributed by atoms with Crippen LogP contribution in [-0.4, -0.2) is 54.4 Å². The highest BCUT2D eigenvalue weighted by molar-refractivity contribution is 5.92. The van der Waals surface area contributed by atoms with Crippen molar-refractivity contribution in [3.05, 3.63) is 96.1 Å². The number of amides is 1. The molecule has 1 fully saturated rings. The Morgan fingerprint density at radius 1 is 1.15 bits per heavy atom. The molecular weight excluding hydrogens is 432 g/mol. The molecule has 0 aromatic heterocycles. The fraction of sp³-hybridized carbons (Fsp3) is 0.393. The van der Waals surface area contributed by atoms with Crippen molar-refractivity contribution >= 4 is 18.3 Å². The summed E-state index contributed by atoms with van der Waals surface area (Å²) < 4.78 is 47.5. The molecule has 0 aliphatic carbocycles. The van der Waals surface area contributed by atoms with Crippen LogP contribution in [0.5, 0.6) is 0 Å². The summed E-state index contributed by atoms with van der Waals surface area (Å²) >= 11 is 0. The molecule has 1 saturated heterocycles. The van der Waals surface area contributed by atoms with E-state index in [1.54, 1.807) is 43.3 Å². The molecule has 0 spiro atoms. The van der Waals surface area contributed by atoms with E-state index in [4.69, 9.17) is 8.22 Å². The zero-order valence-electron chi connectivity index (χ0n) is 25.0. The van der Waals surface area contributed by atoms with E-state index in [1.807, 2.05) is 30.3 Å². The van der Waals surface area contributed by atoms with E-state index >= 15 is 0 Å². The third-order valence-corrected chi connectivity index (χ3v) is 6.66. The Morgan fingerprint density at radius 3 is 2.24 bits per heavy atom. The van der Waals surface area contributed by atoms with Crippen LogP contribution < -0.4 is 0 Å². The molecular formula is C28H37ClN2O2. The van der Waals surface area contributed by atoms with Crippen LogP contribution in [0.1, 0.15) is 45.5 Å². The summed E-state index contributed by atoms with van der Waals surface area (Å²) in [6, 6.07) is 18.2. The van der Waals surface area contributed by atoms with Crippen molar-refractivity contribution in [2.24, 2.45) is 0 Å². The summed E-state index contributed by atoms with van der Waals surface area (Å²) in [6.45, 7) is 0.733. The molecule has 33 heavy (non-hydrogen) atoms. The second kappa shape index (κ2) is 11.6. The molecule has 1 aliphatic rings. The number of hydrogen-bond donors (Lipinski definition) is 1. The van der Waals surface area contributed by atoms with Crippen molar-refractivity contribution < 1.29 is 18.1 Å². The maximum atomic E-state index is 14.2. The molecule has 1 amide bonds. The van der Waals surface area contributed by atoms with Crippen LogP contribution in [0.15, 0.2) is 85.0 Å². The van der Waals surface area contributed by atoms with Crippen LogP contribution in [0.4, 0.5) is 0 Å². The number of rotatable bonds is 8. The van der Waals surface area contributed by atoms with E-state index in [9.17, 15) is 9.90 Å². The Hall–Kier alpha value is -2.40. The molecule has 1 unspecified atom stereocenters. The Morgan fingerprint density at radius 2 is 1.73 bits per heavy atom. The minimum atomic E-state index is -3.18. The fourth-order valence-electron chi connectivity index (χ4n) is 4.77. The van der Waals surface area contributed by atoms with E-state index < -0.39 is 30.9 Å². The van der Waals surface area contributed by atoms with Gasteiger partial charge in [-0.1, -0.05) is 79.4 Å². The van der Waals surface area contributed by atoms with Crippen LogP contribution in [-0.2, 0) is 15.8 Å². The third-order valence-electron chi connectivity index (χ3n) is 6.66. The highest BCUT2D eigenvalue weighted by Crippen LogP contribution is 2.39. The van der Waals surface area contributed by atoms with E-state index in [2.05, 4.69) is 11.5 Å². The number of halogens is 1. The van der Waals surface area contributed by atoms with Crippen molar-refractivity contribution in [1.82, 2.24) is 9.80 Å². The second-order valence-electron chi connectivity index (χ2n) is 8.35. The van der Waals surface area contributed by atoms with E-state index in [-0.39, 0.29) is 23.7 Å². The molecule has 3 rings (SSSR count). The molecule has 1 heterocycles. The first-order chi connectivity index (χ1) is 17.8. The van der Waals surface area contributed by atoms with Crippen LogP contribution in [0.2, 0.25) is 0 Å². The van der Waals surface area contributed by atoms with Crippen LogP contribution in [0.3, 0.4) is 0 Å². The van der Waals surface area contributed by atoms with Gasteiger partial charge in [-0.05, 0) is 49.4 Å². The monoisotopic (exact) mass is 474 g/mol. The molecule has 1 N–H and O–H groups in total.